The highest BCUT2D eigenvalue weighted by Crippen LogP contribution is 2.03. The van der Waals surface area contributed by atoms with Gasteiger partial charge in [0.2, 0.25) is 17.7 Å². The first-order valence-corrected chi connectivity index (χ1v) is 9.16. The van der Waals surface area contributed by atoms with Gasteiger partial charge in [-0.15, -0.1) is 0 Å². The van der Waals surface area contributed by atoms with Crippen LogP contribution in [0.2, 0.25) is 0 Å². The van der Waals surface area contributed by atoms with Crippen molar-refractivity contribution in [3.63, 3.8) is 0 Å². The molecule has 15 heteroatoms. The van der Waals surface area contributed by atoms with Gasteiger partial charge in [0.15, 0.2) is 5.96 Å². The van der Waals surface area contributed by atoms with E-state index in [1.807, 2.05) is 0 Å². The van der Waals surface area contributed by atoms with Crippen molar-refractivity contribution in [2.45, 2.75) is 50.4 Å². The number of carboxylic acids is 2. The second kappa shape index (κ2) is 13.7. The van der Waals surface area contributed by atoms with Crippen LogP contribution in [0.25, 0.3) is 0 Å². The number of aliphatic carboxylic acids is 2. The maximum atomic E-state index is 12.5. The SMILES string of the molecule is CC(NC(=O)C(CCCN=C(N)N)NC(=O)C(CC(=O)O)NC(=O)C(N)CO)C(=O)O. The Balaban J connectivity index is 5.40. The van der Waals surface area contributed by atoms with Gasteiger partial charge in [-0.3, -0.25) is 29.0 Å². The van der Waals surface area contributed by atoms with Crippen LogP contribution in [-0.2, 0) is 24.0 Å². The Bertz CT molecular complexity index is 695. The van der Waals surface area contributed by atoms with E-state index in [0.29, 0.717) is 0 Å². The number of aliphatic hydroxyl groups excluding tert-OH is 1. The Kier molecular flexibility index (Phi) is 12.2. The molecule has 4 atom stereocenters. The predicted molar refractivity (Wildman–Crippen MR) is 106 cm³/mol. The molecule has 0 fully saturated rings. The van der Waals surface area contributed by atoms with Crippen molar-refractivity contribution in [1.82, 2.24) is 16.0 Å². The third kappa shape index (κ3) is 11.3. The van der Waals surface area contributed by atoms with Crippen molar-refractivity contribution >= 4 is 35.6 Å². The van der Waals surface area contributed by atoms with E-state index in [-0.39, 0.29) is 25.3 Å². The van der Waals surface area contributed by atoms with Crippen LogP contribution >= 0.6 is 0 Å². The maximum absolute atomic E-state index is 12.5. The van der Waals surface area contributed by atoms with Crippen LogP contribution in [0, 0.1) is 0 Å². The number of nitrogens with zero attached hydrogens (tertiary/aromatic N) is 1. The molecule has 0 aromatic carbocycles. The van der Waals surface area contributed by atoms with Crippen molar-refractivity contribution in [3.8, 4) is 0 Å². The molecule has 3 amide bonds. The van der Waals surface area contributed by atoms with E-state index in [4.69, 9.17) is 32.5 Å². The second-order valence-electron chi connectivity index (χ2n) is 6.53. The highest BCUT2D eigenvalue weighted by Gasteiger charge is 2.30. The number of aliphatic imine (C=N–C) groups is 1. The average Bonchev–Trinajstić information content (AvgIpc) is 2.67. The van der Waals surface area contributed by atoms with E-state index >= 15 is 0 Å². The van der Waals surface area contributed by atoms with E-state index in [9.17, 15) is 24.0 Å². The minimum atomic E-state index is -1.60. The first-order valence-electron chi connectivity index (χ1n) is 9.16. The monoisotopic (exact) mass is 447 g/mol. The maximum Gasteiger partial charge on any atom is 0.325 e. The summed E-state index contributed by atoms with van der Waals surface area (Å²) in [5.41, 5.74) is 15.8. The van der Waals surface area contributed by atoms with Crippen molar-refractivity contribution in [2.24, 2.45) is 22.2 Å². The molecule has 0 aromatic heterocycles. The van der Waals surface area contributed by atoms with Crippen molar-refractivity contribution in [2.75, 3.05) is 13.2 Å². The topological polar surface area (TPSA) is 273 Å². The summed E-state index contributed by atoms with van der Waals surface area (Å²) < 4.78 is 0. The Labute approximate surface area is 177 Å². The highest BCUT2D eigenvalue weighted by molar-refractivity contribution is 5.95. The molecule has 15 nitrogen and oxygen atoms in total. The highest BCUT2D eigenvalue weighted by atomic mass is 16.4. The summed E-state index contributed by atoms with van der Waals surface area (Å²) in [5.74, 6) is -5.77. The van der Waals surface area contributed by atoms with Gasteiger partial charge in [-0.1, -0.05) is 0 Å². The molecule has 176 valence electrons. The fraction of sp³-hybridized carbons (Fsp3) is 0.625. The van der Waals surface area contributed by atoms with Gasteiger partial charge in [0, 0.05) is 6.54 Å². The van der Waals surface area contributed by atoms with E-state index in [1.54, 1.807) is 0 Å². The molecule has 0 rings (SSSR count). The third-order valence-corrected chi connectivity index (χ3v) is 3.85. The Hall–Kier alpha value is -3.46. The summed E-state index contributed by atoms with van der Waals surface area (Å²) >= 11 is 0. The first-order chi connectivity index (χ1) is 14.4. The van der Waals surface area contributed by atoms with Gasteiger partial charge >= 0.3 is 11.9 Å². The zero-order valence-corrected chi connectivity index (χ0v) is 16.9. The Morgan fingerprint density at radius 2 is 1.48 bits per heavy atom. The lowest BCUT2D eigenvalue weighted by Crippen LogP contribution is -2.57. The lowest BCUT2D eigenvalue weighted by atomic mass is 10.1. The number of carbonyl (C=O) groups excluding carboxylic acids is 3. The number of hydrogen-bond acceptors (Lipinski definition) is 8. The molecule has 0 aliphatic carbocycles. The lowest BCUT2D eigenvalue weighted by Gasteiger charge is -2.23. The molecule has 31 heavy (non-hydrogen) atoms. The molecular formula is C16H29N7O8. The molecule has 12 N–H and O–H groups in total. The number of rotatable bonds is 14. The van der Waals surface area contributed by atoms with E-state index in [0.717, 1.165) is 0 Å². The number of carbonyl (C=O) groups is 5. The fourth-order valence-electron chi connectivity index (χ4n) is 2.17. The molecule has 0 spiro atoms. The number of nitrogens with two attached hydrogens (primary N) is 3. The Morgan fingerprint density at radius 3 is 1.97 bits per heavy atom. The van der Waals surface area contributed by atoms with Crippen LogP contribution in [0.1, 0.15) is 26.2 Å². The zero-order chi connectivity index (χ0) is 24.1. The summed E-state index contributed by atoms with van der Waals surface area (Å²) in [6.07, 6.45) is -0.642. The number of aliphatic hydroxyl groups is 1. The van der Waals surface area contributed by atoms with Crippen LogP contribution in [0.4, 0.5) is 0 Å². The molecular weight excluding hydrogens is 418 g/mol. The van der Waals surface area contributed by atoms with Gasteiger partial charge in [-0.25, -0.2) is 0 Å². The summed E-state index contributed by atoms with van der Waals surface area (Å²) in [6.45, 7) is 0.579. The summed E-state index contributed by atoms with van der Waals surface area (Å²) in [5, 5.41) is 33.4. The normalized spacial score (nSPS) is 14.3. The molecule has 0 heterocycles. The molecule has 0 bridgehead atoms. The number of hydrogen-bond donors (Lipinski definition) is 9. The smallest absolute Gasteiger partial charge is 0.325 e. The fourth-order valence-corrected chi connectivity index (χ4v) is 2.17. The van der Waals surface area contributed by atoms with Crippen LogP contribution in [0.5, 0.6) is 0 Å². The van der Waals surface area contributed by atoms with E-state index in [2.05, 4.69) is 20.9 Å². The van der Waals surface area contributed by atoms with Gasteiger partial charge in [-0.05, 0) is 19.8 Å². The van der Waals surface area contributed by atoms with Gasteiger partial charge < -0.3 is 48.5 Å². The van der Waals surface area contributed by atoms with Crippen LogP contribution in [-0.4, -0.2) is 88.3 Å². The largest absolute Gasteiger partial charge is 0.481 e. The summed E-state index contributed by atoms with van der Waals surface area (Å²) in [4.78, 5) is 62.5. The number of nitrogens with one attached hydrogen (secondary N) is 3. The van der Waals surface area contributed by atoms with Gasteiger partial charge in [-0.2, -0.15) is 0 Å². The first kappa shape index (κ1) is 27.5. The quantitative estimate of drug-likeness (QED) is 0.0693. The summed E-state index contributed by atoms with van der Waals surface area (Å²) in [7, 11) is 0. The van der Waals surface area contributed by atoms with E-state index in [1.165, 1.54) is 6.92 Å². The van der Waals surface area contributed by atoms with Crippen molar-refractivity contribution < 1.29 is 39.3 Å². The molecule has 0 saturated heterocycles. The zero-order valence-electron chi connectivity index (χ0n) is 16.9. The molecule has 0 saturated carbocycles. The van der Waals surface area contributed by atoms with E-state index < -0.39 is 66.9 Å². The second-order valence-corrected chi connectivity index (χ2v) is 6.53. The third-order valence-electron chi connectivity index (χ3n) is 3.85. The molecule has 0 aliphatic heterocycles. The van der Waals surface area contributed by atoms with Gasteiger partial charge in [0.1, 0.15) is 24.2 Å². The van der Waals surface area contributed by atoms with Gasteiger partial charge in [0.25, 0.3) is 0 Å². The molecule has 4 unspecified atom stereocenters. The number of guanidine groups is 1. The molecule has 0 radical (unpaired) electrons. The minimum Gasteiger partial charge on any atom is -0.481 e. The van der Waals surface area contributed by atoms with Gasteiger partial charge in [0.05, 0.1) is 13.0 Å². The lowest BCUT2D eigenvalue weighted by molar-refractivity contribution is -0.143. The predicted octanol–water partition coefficient (Wildman–Crippen LogP) is -4.61. The van der Waals surface area contributed by atoms with Crippen LogP contribution in [0.15, 0.2) is 4.99 Å². The Morgan fingerprint density at radius 1 is 0.935 bits per heavy atom. The minimum absolute atomic E-state index is 0.0232. The molecule has 0 aliphatic rings. The average molecular weight is 447 g/mol. The number of carboxylic acid groups (broad SMARTS) is 2. The summed E-state index contributed by atoms with van der Waals surface area (Å²) in [6, 6.07) is -5.53. The van der Waals surface area contributed by atoms with Crippen LogP contribution < -0.4 is 33.2 Å². The van der Waals surface area contributed by atoms with Crippen LogP contribution in [0.3, 0.4) is 0 Å². The van der Waals surface area contributed by atoms with Crippen molar-refractivity contribution in [3.05, 3.63) is 0 Å². The number of amides is 3. The molecule has 0 aromatic rings. The van der Waals surface area contributed by atoms with Crippen molar-refractivity contribution in [1.29, 1.82) is 0 Å². The standard InChI is InChI=1S/C16H29N7O8/c1-7(15(30)31)21-13(28)9(3-2-4-20-16(18)19)22-14(29)10(5-11(25)26)23-12(27)8(17)6-24/h7-10,24H,2-6,17H2,1H3,(H,21,28)(H,22,29)(H,23,27)(H,25,26)(H,30,31)(H4,18,19,20).